The quantitative estimate of drug-likeness (QED) is 0.0384. The van der Waals surface area contributed by atoms with Crippen LogP contribution in [0.5, 0.6) is 0 Å². The van der Waals surface area contributed by atoms with E-state index in [1.54, 1.807) is 6.08 Å². The summed E-state index contributed by atoms with van der Waals surface area (Å²) in [6.07, 6.45) is 17.2. The van der Waals surface area contributed by atoms with Crippen LogP contribution >= 0.6 is 0 Å². The number of nitrogens with two attached hydrogens (primary N) is 2. The van der Waals surface area contributed by atoms with Crippen molar-refractivity contribution in [1.82, 2.24) is 26.6 Å². The minimum absolute atomic E-state index is 0.0474. The van der Waals surface area contributed by atoms with Gasteiger partial charge in [-0.25, -0.2) is 0 Å². The summed E-state index contributed by atoms with van der Waals surface area (Å²) < 4.78 is 12.9. The highest BCUT2D eigenvalue weighted by Gasteiger charge is 2.68. The van der Waals surface area contributed by atoms with Gasteiger partial charge in [-0.3, -0.25) is 24.0 Å². The van der Waals surface area contributed by atoms with Crippen LogP contribution in [0.1, 0.15) is 119 Å². The first-order chi connectivity index (χ1) is 28.4. The third-order valence-corrected chi connectivity index (χ3v) is 15.1. The second-order valence-electron chi connectivity index (χ2n) is 20.1. The Kier molecular flexibility index (Phi) is 14.6. The van der Waals surface area contributed by atoms with Crippen molar-refractivity contribution in [3.63, 3.8) is 0 Å². The van der Waals surface area contributed by atoms with Crippen molar-refractivity contribution in [2.75, 3.05) is 13.1 Å². The zero-order chi connectivity index (χ0) is 43.6. The van der Waals surface area contributed by atoms with E-state index in [9.17, 15) is 29.1 Å². The largest absolute Gasteiger partial charge is 0.481 e. The number of unbranched alkanes of at least 4 members (excludes halogenated alkanes) is 1. The molecule has 6 bridgehead atoms. The molecule has 8 rings (SSSR count). The number of allylic oxidation sites excluding steroid dienone is 3. The normalized spacial score (nSPS) is 33.9. The van der Waals surface area contributed by atoms with E-state index in [1.165, 1.54) is 58.4 Å². The molecule has 1 unspecified atom stereocenters. The van der Waals surface area contributed by atoms with E-state index >= 15 is 0 Å². The zero-order valence-corrected chi connectivity index (χ0v) is 36.7. The summed E-state index contributed by atoms with van der Waals surface area (Å²) in [7, 11) is -0.641. The molecule has 60 heavy (non-hydrogen) atoms. The van der Waals surface area contributed by atoms with Gasteiger partial charge in [-0.15, -0.1) is 0 Å². The van der Waals surface area contributed by atoms with E-state index in [4.69, 9.17) is 20.8 Å². The lowest BCUT2D eigenvalue weighted by molar-refractivity contribution is -0.199. The van der Waals surface area contributed by atoms with E-state index < -0.39 is 78.5 Å². The third-order valence-electron chi connectivity index (χ3n) is 15.1. The number of nitrogens with one attached hydrogen (secondary N) is 5. The van der Waals surface area contributed by atoms with Crippen LogP contribution in [0.2, 0.25) is 0 Å². The number of carbonyl (C=O) groups is 5. The van der Waals surface area contributed by atoms with Gasteiger partial charge in [0, 0.05) is 6.08 Å². The minimum atomic E-state index is -1.46. The van der Waals surface area contributed by atoms with Crippen molar-refractivity contribution >= 4 is 36.7 Å². The number of hydrogen-bond acceptors (Lipinski definition) is 10. The molecule has 1 saturated heterocycles. The molecule has 16 heteroatoms. The second-order valence-corrected chi connectivity index (χ2v) is 20.1. The molecule has 1 heterocycles. The van der Waals surface area contributed by atoms with E-state index in [1.807, 2.05) is 13.0 Å². The fourth-order valence-electron chi connectivity index (χ4n) is 12.0. The lowest BCUT2D eigenvalue weighted by Crippen LogP contribution is -2.65. The molecule has 7 aliphatic carbocycles. The van der Waals surface area contributed by atoms with Gasteiger partial charge in [-0.05, 0) is 158 Å². The van der Waals surface area contributed by atoms with Gasteiger partial charge in [0.05, 0.1) is 23.8 Å². The molecule has 1 aliphatic heterocycles. The Balaban J connectivity index is 0.991. The van der Waals surface area contributed by atoms with Gasteiger partial charge < -0.3 is 52.5 Å². The molecule has 334 valence electrons. The Morgan fingerprint density at radius 1 is 0.750 bits per heavy atom. The summed E-state index contributed by atoms with van der Waals surface area (Å²) in [4.78, 5) is 66.9. The molecule has 7 saturated carbocycles. The Hall–Kier alpha value is -3.31. The van der Waals surface area contributed by atoms with E-state index in [0.29, 0.717) is 37.6 Å². The first-order valence-electron chi connectivity index (χ1n) is 22.7. The molecule has 8 fully saturated rings. The van der Waals surface area contributed by atoms with Gasteiger partial charge in [-0.1, -0.05) is 32.1 Å². The molecule has 5 amide bonds. The number of carbonyl (C=O) groups excluding carboxylic acids is 5. The van der Waals surface area contributed by atoms with Crippen molar-refractivity contribution in [2.45, 2.75) is 167 Å². The molecule has 0 aromatic rings. The van der Waals surface area contributed by atoms with Crippen LogP contribution < -0.4 is 38.1 Å². The summed E-state index contributed by atoms with van der Waals surface area (Å²) in [5.74, 6) is -0.179. The molecule has 10 N–H and O–H groups in total. The van der Waals surface area contributed by atoms with Crippen molar-refractivity contribution in [2.24, 2.45) is 51.9 Å². The number of amides is 5. The predicted molar refractivity (Wildman–Crippen MR) is 228 cm³/mol. The highest BCUT2D eigenvalue weighted by Crippen LogP contribution is 2.66. The Morgan fingerprint density at radius 2 is 1.38 bits per heavy atom. The molecule has 10 atom stereocenters. The van der Waals surface area contributed by atoms with Crippen LogP contribution in [0.4, 0.5) is 0 Å². The standard InChI is InChI=1S/C44H72BN7O8/c1-25(38(55)51-32(11-8-10-15-46)39(56)49-27(3)45-59-35-21-31-20-34(42(31,4)5)43(35,6)60-45)48-41(58)37(26(2)53)52-40(57)33(13-16-47)50-36(54)12-7-9-14-44-22-28-17-29(23-44)19-30(18-28)24-44/h7,9,12,14,25-35,37,53H,8,10-11,13,15-24,46-47H2,1-6H3,(H,48,58)(H,49,56)(H,50,54)(H,51,55)(H,52,57)/b12-7+,14-9+/t25-,26+,27-,28?,29?,30?,31-,32-,33-,34-,35?,37-,43-,44?/m0/s1. The number of aliphatic hydroxyl groups is 1. The van der Waals surface area contributed by atoms with Crippen molar-refractivity contribution in [1.29, 1.82) is 0 Å². The maximum Gasteiger partial charge on any atom is 0.481 e. The van der Waals surface area contributed by atoms with Crippen LogP contribution in [0, 0.1) is 40.4 Å². The van der Waals surface area contributed by atoms with Gasteiger partial charge in [0.1, 0.15) is 24.2 Å². The van der Waals surface area contributed by atoms with Gasteiger partial charge in [0.25, 0.3) is 0 Å². The third kappa shape index (κ3) is 10.1. The topological polar surface area (TPSA) is 236 Å². The Labute approximate surface area is 356 Å². The van der Waals surface area contributed by atoms with Gasteiger partial charge in [0.2, 0.25) is 29.5 Å². The fourth-order valence-corrected chi connectivity index (χ4v) is 12.0. The smallest absolute Gasteiger partial charge is 0.404 e. The van der Waals surface area contributed by atoms with E-state index in [0.717, 1.165) is 30.6 Å². The monoisotopic (exact) mass is 838 g/mol. The SMILES string of the molecule is C[C@H](NC(=O)[C@H](CCCCN)NC(=O)[C@H](C)NC(=O)[C@@H](NC(=O)[C@H](CCN)NC(=O)/C=C/C=C/C12CC3CC(CC(C3)C1)C2)[C@@H](C)O)B1OC2C[C@@H]3C[C@@H](C3(C)C)[C@]2(C)O1. The average molecular weight is 838 g/mol. The summed E-state index contributed by atoms with van der Waals surface area (Å²) in [5, 5.41) is 24.1. The number of hydrogen-bond donors (Lipinski definition) is 8. The van der Waals surface area contributed by atoms with Crippen molar-refractivity contribution in [3.8, 4) is 0 Å². The summed E-state index contributed by atoms with van der Waals surface area (Å²) in [6.45, 7) is 11.8. The van der Waals surface area contributed by atoms with E-state index in [2.05, 4.69) is 53.4 Å². The molecule has 0 aromatic carbocycles. The van der Waals surface area contributed by atoms with Gasteiger partial charge in [0.15, 0.2) is 0 Å². The van der Waals surface area contributed by atoms with E-state index in [-0.39, 0.29) is 29.9 Å². The maximum atomic E-state index is 13.7. The highest BCUT2D eigenvalue weighted by molar-refractivity contribution is 6.47. The average Bonchev–Trinajstić information content (AvgIpc) is 3.55. The van der Waals surface area contributed by atoms with Crippen LogP contribution in [-0.2, 0) is 33.3 Å². The molecule has 0 aromatic heterocycles. The molecule has 0 spiro atoms. The summed E-state index contributed by atoms with van der Waals surface area (Å²) in [6, 6.07) is -4.62. The Bertz CT molecular complexity index is 1620. The predicted octanol–water partition coefficient (Wildman–Crippen LogP) is 1.91. The van der Waals surface area contributed by atoms with Crippen molar-refractivity contribution < 1.29 is 38.4 Å². The maximum absolute atomic E-state index is 13.7. The second kappa shape index (κ2) is 19.0. The molecule has 8 aliphatic rings. The lowest BCUT2D eigenvalue weighted by atomic mass is 9.43. The Morgan fingerprint density at radius 3 is 1.98 bits per heavy atom. The molecular weight excluding hydrogens is 765 g/mol. The van der Waals surface area contributed by atoms with Crippen LogP contribution in [0.25, 0.3) is 0 Å². The summed E-state index contributed by atoms with van der Waals surface area (Å²) >= 11 is 0. The fraction of sp³-hybridized carbons (Fsp3) is 0.795. The van der Waals surface area contributed by atoms with Crippen LogP contribution in [0.15, 0.2) is 24.3 Å². The zero-order valence-electron chi connectivity index (χ0n) is 36.7. The lowest BCUT2D eigenvalue weighted by Gasteiger charge is -2.64. The van der Waals surface area contributed by atoms with Gasteiger partial charge >= 0.3 is 7.12 Å². The van der Waals surface area contributed by atoms with Crippen molar-refractivity contribution in [3.05, 3.63) is 24.3 Å². The number of rotatable bonds is 20. The first-order valence-corrected chi connectivity index (χ1v) is 22.7. The molecule has 15 nitrogen and oxygen atoms in total. The first kappa shape index (κ1) is 46.2. The van der Waals surface area contributed by atoms with Gasteiger partial charge in [-0.2, -0.15) is 0 Å². The minimum Gasteiger partial charge on any atom is -0.404 e. The summed E-state index contributed by atoms with van der Waals surface area (Å²) in [5.41, 5.74) is 11.5. The molecular formula is C44H72BN7O8. The number of aliphatic hydroxyl groups excluding tert-OH is 1. The van der Waals surface area contributed by atoms with Crippen LogP contribution in [-0.4, -0.2) is 103 Å². The van der Waals surface area contributed by atoms with Crippen LogP contribution in [0.3, 0.4) is 0 Å². The molecule has 0 radical (unpaired) electrons. The highest BCUT2D eigenvalue weighted by atomic mass is 16.7.